The molecule has 1 nitrogen and oxygen atoms in total. The summed E-state index contributed by atoms with van der Waals surface area (Å²) in [5.74, 6) is 3.29. The van der Waals surface area contributed by atoms with Gasteiger partial charge in [0.15, 0.2) is 0 Å². The minimum atomic E-state index is 0.336. The molecule has 62 valence electrons. The summed E-state index contributed by atoms with van der Waals surface area (Å²) in [7, 11) is 0. The largest absolute Gasteiger partial charge is 0.481 e. The van der Waals surface area contributed by atoms with E-state index < -0.39 is 0 Å². The molecule has 0 aliphatic heterocycles. The predicted octanol–water partition coefficient (Wildman–Crippen LogP) is 2.32. The van der Waals surface area contributed by atoms with Crippen LogP contribution in [0, 0.1) is 26.2 Å². The lowest BCUT2D eigenvalue weighted by atomic mass is 10.1. The highest BCUT2D eigenvalue weighted by Gasteiger charge is 1.94. The summed E-state index contributed by atoms with van der Waals surface area (Å²) >= 11 is 0. The Bertz CT molecular complexity index is 287. The minimum Gasteiger partial charge on any atom is -0.481 e. The van der Waals surface area contributed by atoms with Gasteiger partial charge < -0.3 is 4.74 Å². The highest BCUT2D eigenvalue weighted by atomic mass is 16.5. The Balaban J connectivity index is 2.80. The summed E-state index contributed by atoms with van der Waals surface area (Å²) < 4.78 is 5.28. The standard InChI is InChI=1S/C11H12O/c1-4-5-12-11-7-9(2)6-10(3)8-11/h1,6-8H,5H2,2-3H3. The number of terminal acetylenes is 1. The lowest BCUT2D eigenvalue weighted by molar-refractivity contribution is 0.370. The van der Waals surface area contributed by atoms with Gasteiger partial charge in [0.05, 0.1) is 0 Å². The van der Waals surface area contributed by atoms with Crippen LogP contribution >= 0.6 is 0 Å². The van der Waals surface area contributed by atoms with E-state index in [0.29, 0.717) is 6.61 Å². The SMILES string of the molecule is C#CCOc1cc(C)cc(C)c1. The highest BCUT2D eigenvalue weighted by Crippen LogP contribution is 2.15. The molecule has 0 amide bonds. The highest BCUT2D eigenvalue weighted by molar-refractivity contribution is 5.33. The van der Waals surface area contributed by atoms with Crippen molar-refractivity contribution >= 4 is 0 Å². The number of hydrogen-bond donors (Lipinski definition) is 0. The summed E-state index contributed by atoms with van der Waals surface area (Å²) in [5.41, 5.74) is 2.39. The molecule has 0 bridgehead atoms. The number of hydrogen-bond acceptors (Lipinski definition) is 1. The third-order valence-electron chi connectivity index (χ3n) is 1.52. The van der Waals surface area contributed by atoms with Crippen molar-refractivity contribution in [2.24, 2.45) is 0 Å². The Hall–Kier alpha value is -1.42. The Kier molecular flexibility index (Phi) is 2.76. The van der Waals surface area contributed by atoms with Gasteiger partial charge in [-0.2, -0.15) is 0 Å². The van der Waals surface area contributed by atoms with Gasteiger partial charge in [-0.05, 0) is 37.1 Å². The zero-order valence-electron chi connectivity index (χ0n) is 7.42. The molecule has 0 atom stereocenters. The molecular formula is C11H12O. The minimum absolute atomic E-state index is 0.336. The van der Waals surface area contributed by atoms with E-state index in [2.05, 4.69) is 12.0 Å². The first kappa shape index (κ1) is 8.67. The van der Waals surface area contributed by atoms with Crippen molar-refractivity contribution in [3.05, 3.63) is 29.3 Å². The average molecular weight is 160 g/mol. The van der Waals surface area contributed by atoms with Gasteiger partial charge in [0, 0.05) is 0 Å². The van der Waals surface area contributed by atoms with Crippen molar-refractivity contribution in [3.63, 3.8) is 0 Å². The number of ether oxygens (including phenoxy) is 1. The second-order valence-electron chi connectivity index (χ2n) is 2.82. The fraction of sp³-hybridized carbons (Fsp3) is 0.273. The summed E-state index contributed by atoms with van der Waals surface area (Å²) in [6.45, 7) is 4.41. The fourth-order valence-corrected chi connectivity index (χ4v) is 1.14. The van der Waals surface area contributed by atoms with Crippen molar-refractivity contribution in [2.75, 3.05) is 6.61 Å². The van der Waals surface area contributed by atoms with Gasteiger partial charge in [-0.3, -0.25) is 0 Å². The molecule has 1 aromatic carbocycles. The Morgan fingerprint density at radius 2 is 1.83 bits per heavy atom. The molecular weight excluding hydrogens is 148 g/mol. The van der Waals surface area contributed by atoms with Crippen molar-refractivity contribution in [1.29, 1.82) is 0 Å². The molecule has 0 unspecified atom stereocenters. The van der Waals surface area contributed by atoms with Crippen LogP contribution in [0.3, 0.4) is 0 Å². The maximum Gasteiger partial charge on any atom is 0.148 e. The quantitative estimate of drug-likeness (QED) is 0.603. The van der Waals surface area contributed by atoms with E-state index in [1.807, 2.05) is 26.0 Å². The van der Waals surface area contributed by atoms with Crippen molar-refractivity contribution in [2.45, 2.75) is 13.8 Å². The van der Waals surface area contributed by atoms with Crippen LogP contribution in [0.1, 0.15) is 11.1 Å². The van der Waals surface area contributed by atoms with Crippen molar-refractivity contribution < 1.29 is 4.74 Å². The van der Waals surface area contributed by atoms with Gasteiger partial charge in [0.1, 0.15) is 12.4 Å². The van der Waals surface area contributed by atoms with Crippen LogP contribution in [0.5, 0.6) is 5.75 Å². The lowest BCUT2D eigenvalue weighted by Crippen LogP contribution is -1.93. The van der Waals surface area contributed by atoms with Gasteiger partial charge in [-0.1, -0.05) is 12.0 Å². The molecule has 1 heteroatoms. The Morgan fingerprint density at radius 3 is 2.33 bits per heavy atom. The molecule has 0 saturated carbocycles. The third-order valence-corrected chi connectivity index (χ3v) is 1.52. The van der Waals surface area contributed by atoms with Gasteiger partial charge in [-0.15, -0.1) is 6.42 Å². The van der Waals surface area contributed by atoms with Crippen molar-refractivity contribution in [1.82, 2.24) is 0 Å². The van der Waals surface area contributed by atoms with Crippen LogP contribution in [-0.2, 0) is 0 Å². The monoisotopic (exact) mass is 160 g/mol. The molecule has 0 aliphatic carbocycles. The van der Waals surface area contributed by atoms with E-state index in [1.165, 1.54) is 11.1 Å². The van der Waals surface area contributed by atoms with Crippen LogP contribution in [0.4, 0.5) is 0 Å². The average Bonchev–Trinajstić information content (AvgIpc) is 1.99. The summed E-state index contributed by atoms with van der Waals surface area (Å²) in [6.07, 6.45) is 5.08. The molecule has 0 N–H and O–H groups in total. The van der Waals surface area contributed by atoms with Crippen LogP contribution in [0.2, 0.25) is 0 Å². The Morgan fingerprint density at radius 1 is 1.25 bits per heavy atom. The topological polar surface area (TPSA) is 9.23 Å². The lowest BCUT2D eigenvalue weighted by Gasteiger charge is -2.04. The summed E-state index contributed by atoms with van der Waals surface area (Å²) in [5, 5.41) is 0. The van der Waals surface area contributed by atoms with E-state index in [9.17, 15) is 0 Å². The first-order valence-corrected chi connectivity index (χ1v) is 3.87. The van der Waals surface area contributed by atoms with Gasteiger partial charge >= 0.3 is 0 Å². The summed E-state index contributed by atoms with van der Waals surface area (Å²) in [4.78, 5) is 0. The fourth-order valence-electron chi connectivity index (χ4n) is 1.14. The zero-order chi connectivity index (χ0) is 8.97. The summed E-state index contributed by atoms with van der Waals surface area (Å²) in [6, 6.07) is 6.05. The van der Waals surface area contributed by atoms with Crippen molar-refractivity contribution in [3.8, 4) is 18.1 Å². The molecule has 1 rings (SSSR count). The van der Waals surface area contributed by atoms with Gasteiger partial charge in [-0.25, -0.2) is 0 Å². The maximum atomic E-state index is 5.28. The maximum absolute atomic E-state index is 5.28. The zero-order valence-corrected chi connectivity index (χ0v) is 7.42. The third kappa shape index (κ3) is 2.32. The van der Waals surface area contributed by atoms with E-state index in [0.717, 1.165) is 5.75 Å². The normalized spacial score (nSPS) is 9.08. The predicted molar refractivity (Wildman–Crippen MR) is 50.2 cm³/mol. The second-order valence-corrected chi connectivity index (χ2v) is 2.82. The molecule has 0 saturated heterocycles. The molecule has 12 heavy (non-hydrogen) atoms. The molecule has 1 aromatic rings. The molecule has 0 spiro atoms. The van der Waals surface area contributed by atoms with Gasteiger partial charge in [0.25, 0.3) is 0 Å². The molecule has 0 fully saturated rings. The van der Waals surface area contributed by atoms with E-state index >= 15 is 0 Å². The van der Waals surface area contributed by atoms with Crippen LogP contribution in [0.25, 0.3) is 0 Å². The molecule has 0 aliphatic rings. The molecule has 0 heterocycles. The Labute approximate surface area is 73.4 Å². The van der Waals surface area contributed by atoms with Crippen LogP contribution in [-0.4, -0.2) is 6.61 Å². The number of aryl methyl sites for hydroxylation is 2. The first-order valence-electron chi connectivity index (χ1n) is 3.87. The number of rotatable bonds is 2. The second kappa shape index (κ2) is 3.82. The first-order chi connectivity index (χ1) is 5.72. The van der Waals surface area contributed by atoms with Crippen LogP contribution in [0.15, 0.2) is 18.2 Å². The molecule has 0 radical (unpaired) electrons. The van der Waals surface area contributed by atoms with E-state index in [-0.39, 0.29) is 0 Å². The van der Waals surface area contributed by atoms with E-state index in [4.69, 9.17) is 11.2 Å². The molecule has 0 aromatic heterocycles. The smallest absolute Gasteiger partial charge is 0.148 e. The van der Waals surface area contributed by atoms with Gasteiger partial charge in [0.2, 0.25) is 0 Å². The number of benzene rings is 1. The van der Waals surface area contributed by atoms with E-state index in [1.54, 1.807) is 0 Å². The van der Waals surface area contributed by atoms with Crippen LogP contribution < -0.4 is 4.74 Å².